The van der Waals surface area contributed by atoms with E-state index in [4.69, 9.17) is 0 Å². The second kappa shape index (κ2) is 3.18. The van der Waals surface area contributed by atoms with Crippen LogP contribution in [0.1, 0.15) is 20.3 Å². The lowest BCUT2D eigenvalue weighted by Gasteiger charge is -2.09. The minimum absolute atomic E-state index is 0.755. The molecule has 1 heterocycles. The van der Waals surface area contributed by atoms with Crippen LogP contribution in [0.25, 0.3) is 0 Å². The zero-order chi connectivity index (χ0) is 6.69. The molecule has 1 aliphatic rings. The van der Waals surface area contributed by atoms with E-state index in [-0.39, 0.29) is 0 Å². The topological polar surface area (TPSA) is 15.3 Å². The summed E-state index contributed by atoms with van der Waals surface area (Å²) in [5.41, 5.74) is 0. The van der Waals surface area contributed by atoms with Crippen LogP contribution >= 0.6 is 0 Å². The second-order valence-electron chi connectivity index (χ2n) is 2.64. The predicted octanol–water partition coefficient (Wildman–Crippen LogP) is 0.648. The van der Waals surface area contributed by atoms with Crippen LogP contribution in [0.5, 0.6) is 0 Å². The van der Waals surface area contributed by atoms with Crippen molar-refractivity contribution in [3.8, 4) is 0 Å². The predicted molar refractivity (Wildman–Crippen MR) is 39.3 cm³/mol. The first-order valence-electron chi connectivity index (χ1n) is 3.82. The SMILES string of the molecule is CCC1CN(CC)CN1. The lowest BCUT2D eigenvalue weighted by molar-refractivity contribution is 0.349. The molecule has 0 aliphatic carbocycles. The molecule has 0 bridgehead atoms. The third-order valence-electron chi connectivity index (χ3n) is 2.02. The van der Waals surface area contributed by atoms with Gasteiger partial charge < -0.3 is 5.32 Å². The van der Waals surface area contributed by atoms with Crippen LogP contribution in [0, 0.1) is 0 Å². The monoisotopic (exact) mass is 128 g/mol. The van der Waals surface area contributed by atoms with E-state index in [1.54, 1.807) is 0 Å². The molecule has 0 aromatic carbocycles. The molecule has 0 amide bonds. The van der Waals surface area contributed by atoms with Crippen LogP contribution in [-0.4, -0.2) is 30.7 Å². The van der Waals surface area contributed by atoms with Crippen molar-refractivity contribution in [2.45, 2.75) is 26.3 Å². The summed E-state index contributed by atoms with van der Waals surface area (Å²) in [6.45, 7) is 7.96. The molecule has 2 nitrogen and oxygen atoms in total. The van der Waals surface area contributed by atoms with Gasteiger partial charge in [-0.2, -0.15) is 0 Å². The Morgan fingerprint density at radius 3 is 2.67 bits per heavy atom. The molecule has 1 fully saturated rings. The van der Waals surface area contributed by atoms with Gasteiger partial charge >= 0.3 is 0 Å². The smallest absolute Gasteiger partial charge is 0.0483 e. The fourth-order valence-corrected chi connectivity index (χ4v) is 1.21. The third-order valence-corrected chi connectivity index (χ3v) is 2.02. The molecule has 0 radical (unpaired) electrons. The van der Waals surface area contributed by atoms with Gasteiger partial charge in [0.1, 0.15) is 0 Å². The Balaban J connectivity index is 2.20. The highest BCUT2D eigenvalue weighted by atomic mass is 15.3. The van der Waals surface area contributed by atoms with Crippen molar-refractivity contribution in [2.75, 3.05) is 19.8 Å². The molecule has 1 unspecified atom stereocenters. The van der Waals surface area contributed by atoms with E-state index < -0.39 is 0 Å². The summed E-state index contributed by atoms with van der Waals surface area (Å²) in [7, 11) is 0. The largest absolute Gasteiger partial charge is 0.300 e. The number of nitrogens with one attached hydrogen (secondary N) is 1. The Morgan fingerprint density at radius 2 is 2.33 bits per heavy atom. The van der Waals surface area contributed by atoms with Gasteiger partial charge in [0.05, 0.1) is 0 Å². The maximum atomic E-state index is 3.43. The van der Waals surface area contributed by atoms with Crippen molar-refractivity contribution < 1.29 is 0 Å². The van der Waals surface area contributed by atoms with Crippen molar-refractivity contribution in [1.29, 1.82) is 0 Å². The lowest BCUT2D eigenvalue weighted by atomic mass is 10.2. The van der Waals surface area contributed by atoms with Crippen LogP contribution in [0.2, 0.25) is 0 Å². The molecule has 1 saturated heterocycles. The minimum atomic E-state index is 0.755. The molecule has 1 atom stereocenters. The normalized spacial score (nSPS) is 29.3. The number of nitrogens with zero attached hydrogens (tertiary/aromatic N) is 1. The van der Waals surface area contributed by atoms with E-state index >= 15 is 0 Å². The fourth-order valence-electron chi connectivity index (χ4n) is 1.21. The third kappa shape index (κ3) is 1.66. The highest BCUT2D eigenvalue weighted by molar-refractivity contribution is 4.75. The van der Waals surface area contributed by atoms with Crippen molar-refractivity contribution in [3.05, 3.63) is 0 Å². The Bertz CT molecular complexity index is 73.0. The van der Waals surface area contributed by atoms with Crippen molar-refractivity contribution in [1.82, 2.24) is 10.2 Å². The number of likely N-dealkylation sites (N-methyl/N-ethyl adjacent to an activating group) is 1. The number of hydrogen-bond acceptors (Lipinski definition) is 2. The maximum absolute atomic E-state index is 3.43. The summed E-state index contributed by atoms with van der Waals surface area (Å²) in [6, 6.07) is 0.755. The lowest BCUT2D eigenvalue weighted by Crippen LogP contribution is -2.21. The van der Waals surface area contributed by atoms with Gasteiger partial charge in [-0.1, -0.05) is 13.8 Å². The van der Waals surface area contributed by atoms with E-state index in [0.29, 0.717) is 0 Å². The average Bonchev–Trinajstić information content (AvgIpc) is 2.34. The van der Waals surface area contributed by atoms with Gasteiger partial charge in [-0.15, -0.1) is 0 Å². The molecule has 0 aromatic heterocycles. The summed E-state index contributed by atoms with van der Waals surface area (Å²) >= 11 is 0. The minimum Gasteiger partial charge on any atom is -0.300 e. The number of rotatable bonds is 2. The quantitative estimate of drug-likeness (QED) is 0.587. The molecule has 0 aromatic rings. The molecule has 1 rings (SSSR count). The Labute approximate surface area is 57.2 Å². The van der Waals surface area contributed by atoms with Crippen LogP contribution in [-0.2, 0) is 0 Å². The van der Waals surface area contributed by atoms with Gasteiger partial charge in [0.2, 0.25) is 0 Å². The first-order valence-corrected chi connectivity index (χ1v) is 3.82. The summed E-state index contributed by atoms with van der Waals surface area (Å²) in [6.07, 6.45) is 1.26. The van der Waals surface area contributed by atoms with Crippen molar-refractivity contribution in [2.24, 2.45) is 0 Å². The number of hydrogen-bond donors (Lipinski definition) is 1. The Kier molecular flexibility index (Phi) is 2.49. The zero-order valence-corrected chi connectivity index (χ0v) is 6.35. The summed E-state index contributed by atoms with van der Waals surface area (Å²) in [4.78, 5) is 2.42. The van der Waals surface area contributed by atoms with Gasteiger partial charge in [0, 0.05) is 19.3 Å². The first-order chi connectivity index (χ1) is 4.36. The summed E-state index contributed by atoms with van der Waals surface area (Å²) in [5.74, 6) is 0. The highest BCUT2D eigenvalue weighted by Gasteiger charge is 2.17. The van der Waals surface area contributed by atoms with E-state index in [9.17, 15) is 0 Å². The molecule has 0 spiro atoms. The fraction of sp³-hybridized carbons (Fsp3) is 1.00. The summed E-state index contributed by atoms with van der Waals surface area (Å²) in [5, 5.41) is 3.43. The van der Waals surface area contributed by atoms with Crippen molar-refractivity contribution >= 4 is 0 Å². The molecule has 1 aliphatic heterocycles. The van der Waals surface area contributed by atoms with E-state index in [0.717, 1.165) is 12.7 Å². The van der Waals surface area contributed by atoms with Crippen LogP contribution in [0.4, 0.5) is 0 Å². The van der Waals surface area contributed by atoms with Gasteiger partial charge in [0.15, 0.2) is 0 Å². The van der Waals surface area contributed by atoms with E-state index in [1.807, 2.05) is 0 Å². The molecule has 2 heteroatoms. The second-order valence-corrected chi connectivity index (χ2v) is 2.64. The van der Waals surface area contributed by atoms with Crippen LogP contribution in [0.3, 0.4) is 0 Å². The van der Waals surface area contributed by atoms with Gasteiger partial charge in [-0.05, 0) is 13.0 Å². The Morgan fingerprint density at radius 1 is 1.56 bits per heavy atom. The molecule has 54 valence electrons. The average molecular weight is 128 g/mol. The first kappa shape index (κ1) is 7.03. The zero-order valence-electron chi connectivity index (χ0n) is 6.35. The van der Waals surface area contributed by atoms with Crippen LogP contribution in [0.15, 0.2) is 0 Å². The molecule has 1 N–H and O–H groups in total. The molecular formula is C7H16N2. The van der Waals surface area contributed by atoms with Crippen LogP contribution < -0.4 is 5.32 Å². The van der Waals surface area contributed by atoms with Gasteiger partial charge in [0.25, 0.3) is 0 Å². The highest BCUT2D eigenvalue weighted by Crippen LogP contribution is 2.02. The van der Waals surface area contributed by atoms with E-state index in [2.05, 4.69) is 24.1 Å². The van der Waals surface area contributed by atoms with Gasteiger partial charge in [-0.25, -0.2) is 0 Å². The molecule has 0 saturated carbocycles. The van der Waals surface area contributed by atoms with Gasteiger partial charge in [-0.3, -0.25) is 4.90 Å². The summed E-state index contributed by atoms with van der Waals surface area (Å²) < 4.78 is 0. The van der Waals surface area contributed by atoms with Crippen molar-refractivity contribution in [3.63, 3.8) is 0 Å². The maximum Gasteiger partial charge on any atom is 0.0483 e. The van der Waals surface area contributed by atoms with E-state index in [1.165, 1.54) is 19.5 Å². The Hall–Kier alpha value is -0.0800. The standard InChI is InChI=1S/C7H16N2/c1-3-7-5-9(4-2)6-8-7/h7-8H,3-6H2,1-2H3. The molecular weight excluding hydrogens is 112 g/mol. The molecule has 9 heavy (non-hydrogen) atoms.